The molecule has 1 amide bonds. The van der Waals surface area contributed by atoms with E-state index >= 15 is 0 Å². The van der Waals surface area contributed by atoms with Gasteiger partial charge in [0, 0.05) is 18.8 Å². The first kappa shape index (κ1) is 22.1. The summed E-state index contributed by atoms with van der Waals surface area (Å²) in [6.07, 6.45) is 0.772. The number of carbonyl (C=O) groups excluding carboxylic acids is 3. The van der Waals surface area contributed by atoms with E-state index in [0.717, 1.165) is 17.5 Å². The van der Waals surface area contributed by atoms with Gasteiger partial charge in [-0.25, -0.2) is 4.79 Å². The molecule has 0 aliphatic carbocycles. The van der Waals surface area contributed by atoms with Crippen LogP contribution in [0.15, 0.2) is 66.1 Å². The molecule has 0 saturated heterocycles. The van der Waals surface area contributed by atoms with Crippen molar-refractivity contribution in [1.82, 2.24) is 4.90 Å². The Bertz CT molecular complexity index is 967. The summed E-state index contributed by atoms with van der Waals surface area (Å²) in [5, 5.41) is 2.91. The fourth-order valence-electron chi connectivity index (χ4n) is 3.13. The van der Waals surface area contributed by atoms with Gasteiger partial charge in [0.25, 0.3) is 5.91 Å². The van der Waals surface area contributed by atoms with Gasteiger partial charge in [0.1, 0.15) is 0 Å². The summed E-state index contributed by atoms with van der Waals surface area (Å²) in [5.74, 6) is -1.64. The van der Waals surface area contributed by atoms with Crippen LogP contribution in [0.3, 0.4) is 0 Å². The van der Waals surface area contributed by atoms with Crippen molar-refractivity contribution in [2.75, 3.05) is 25.1 Å². The minimum Gasteiger partial charge on any atom is -0.470 e. The molecule has 0 saturated carbocycles. The lowest BCUT2D eigenvalue weighted by atomic mass is 10.1. The summed E-state index contributed by atoms with van der Waals surface area (Å²) in [7, 11) is 0. The number of hydrogen-bond donors (Lipinski definition) is 1. The molecule has 7 nitrogen and oxygen atoms in total. The minimum absolute atomic E-state index is 0.0405. The van der Waals surface area contributed by atoms with Crippen molar-refractivity contribution in [3.63, 3.8) is 0 Å². The first-order chi connectivity index (χ1) is 15.0. The van der Waals surface area contributed by atoms with E-state index in [1.54, 1.807) is 17.0 Å². The van der Waals surface area contributed by atoms with Gasteiger partial charge in [-0.2, -0.15) is 0 Å². The molecular weight excluding hydrogens is 396 g/mol. The normalized spacial score (nSPS) is 13.0. The van der Waals surface area contributed by atoms with Crippen LogP contribution in [0.5, 0.6) is 0 Å². The number of amides is 1. The first-order valence-corrected chi connectivity index (χ1v) is 10.2. The molecule has 3 rings (SSSR count). The highest BCUT2D eigenvalue weighted by atomic mass is 16.5. The lowest BCUT2D eigenvalue weighted by molar-refractivity contribution is -0.149. The molecule has 1 aliphatic rings. The smallest absolute Gasteiger partial charge is 0.347 e. The van der Waals surface area contributed by atoms with Crippen molar-refractivity contribution in [3.8, 4) is 0 Å². The van der Waals surface area contributed by atoms with Crippen molar-refractivity contribution < 1.29 is 23.9 Å². The van der Waals surface area contributed by atoms with Crippen molar-refractivity contribution >= 4 is 23.3 Å². The highest BCUT2D eigenvalue weighted by molar-refractivity contribution is 6.20. The van der Waals surface area contributed by atoms with Crippen molar-refractivity contribution in [1.29, 1.82) is 0 Å². The van der Waals surface area contributed by atoms with E-state index < -0.39 is 18.4 Å². The molecule has 0 bridgehead atoms. The molecule has 0 unspecified atom stereocenters. The third-order valence-corrected chi connectivity index (χ3v) is 4.76. The molecule has 2 aromatic rings. The number of anilines is 1. The number of esters is 1. The van der Waals surface area contributed by atoms with E-state index in [2.05, 4.69) is 5.32 Å². The molecule has 162 valence electrons. The predicted octanol–water partition coefficient (Wildman–Crippen LogP) is 3.20. The summed E-state index contributed by atoms with van der Waals surface area (Å²) >= 11 is 0. The van der Waals surface area contributed by atoms with Gasteiger partial charge in [0.2, 0.25) is 11.7 Å². The first-order valence-electron chi connectivity index (χ1n) is 10.2. The Morgan fingerprint density at radius 3 is 2.48 bits per heavy atom. The average molecular weight is 422 g/mol. The lowest BCUT2D eigenvalue weighted by Crippen LogP contribution is -2.35. The van der Waals surface area contributed by atoms with Crippen molar-refractivity contribution in [3.05, 3.63) is 77.2 Å². The molecule has 0 aromatic heterocycles. The Balaban J connectivity index is 1.64. The van der Waals surface area contributed by atoms with Gasteiger partial charge in [0.05, 0.1) is 0 Å². The van der Waals surface area contributed by atoms with Crippen LogP contribution in [0.4, 0.5) is 5.69 Å². The van der Waals surface area contributed by atoms with Gasteiger partial charge in [-0.1, -0.05) is 55.0 Å². The molecule has 1 N–H and O–H groups in total. The number of para-hydroxylation sites is 1. The zero-order valence-corrected chi connectivity index (χ0v) is 17.7. The summed E-state index contributed by atoms with van der Waals surface area (Å²) < 4.78 is 10.5. The number of aryl methyl sites for hydroxylation is 1. The van der Waals surface area contributed by atoms with Crippen LogP contribution in [0, 0.1) is 6.92 Å². The second-order valence-corrected chi connectivity index (χ2v) is 7.28. The van der Waals surface area contributed by atoms with Crippen LogP contribution in [0.1, 0.15) is 24.5 Å². The molecule has 0 radical (unpaired) electrons. The highest BCUT2D eigenvalue weighted by Crippen LogP contribution is 2.20. The number of ketones is 1. The second kappa shape index (κ2) is 10.4. The third kappa shape index (κ3) is 5.94. The number of carbonyl (C=O) groups is 3. The maximum Gasteiger partial charge on any atom is 0.347 e. The quantitative estimate of drug-likeness (QED) is 0.493. The molecule has 31 heavy (non-hydrogen) atoms. The molecule has 0 fully saturated rings. The zero-order chi connectivity index (χ0) is 22.2. The molecule has 1 heterocycles. The number of Topliss-reactive ketones (excluding diaryl/α,β-unsaturated/α-hetero) is 1. The van der Waals surface area contributed by atoms with E-state index in [0.29, 0.717) is 18.8 Å². The minimum atomic E-state index is -0.874. The Kier molecular flexibility index (Phi) is 7.43. The standard InChI is InChI=1S/C24H26N2O5/c1-3-13-26(14-18-11-9-17(2)10-12-18)21(28)16-31-24(29)22-20(27)15-30-23(22)25-19-7-5-4-6-8-19/h4-12,25H,3,13-16H2,1-2H3. The van der Waals surface area contributed by atoms with Crippen LogP contribution in [-0.2, 0) is 30.4 Å². The summed E-state index contributed by atoms with van der Waals surface area (Å²) in [6.45, 7) is 4.25. The number of hydrogen-bond acceptors (Lipinski definition) is 6. The summed E-state index contributed by atoms with van der Waals surface area (Å²) in [5.41, 5.74) is 2.59. The van der Waals surface area contributed by atoms with E-state index in [9.17, 15) is 14.4 Å². The third-order valence-electron chi connectivity index (χ3n) is 4.76. The largest absolute Gasteiger partial charge is 0.470 e. The number of benzene rings is 2. The van der Waals surface area contributed by atoms with Crippen molar-refractivity contribution in [2.24, 2.45) is 0 Å². The number of rotatable bonds is 9. The number of ether oxygens (including phenoxy) is 2. The van der Waals surface area contributed by atoms with Crippen LogP contribution >= 0.6 is 0 Å². The van der Waals surface area contributed by atoms with Gasteiger partial charge in [-0.15, -0.1) is 0 Å². The topological polar surface area (TPSA) is 84.9 Å². The molecule has 0 atom stereocenters. The molecule has 1 aliphatic heterocycles. The van der Waals surface area contributed by atoms with E-state index in [1.165, 1.54) is 0 Å². The zero-order valence-electron chi connectivity index (χ0n) is 17.7. The van der Waals surface area contributed by atoms with Gasteiger partial charge in [0.15, 0.2) is 18.8 Å². The lowest BCUT2D eigenvalue weighted by Gasteiger charge is -2.22. The van der Waals surface area contributed by atoms with Gasteiger partial charge in [-0.3, -0.25) is 9.59 Å². The van der Waals surface area contributed by atoms with Crippen LogP contribution < -0.4 is 5.32 Å². The van der Waals surface area contributed by atoms with E-state index in [4.69, 9.17) is 9.47 Å². The molecule has 7 heteroatoms. The van der Waals surface area contributed by atoms with Gasteiger partial charge in [-0.05, 0) is 31.0 Å². The summed E-state index contributed by atoms with van der Waals surface area (Å²) in [4.78, 5) is 39.0. The maximum absolute atomic E-state index is 12.7. The number of nitrogens with zero attached hydrogens (tertiary/aromatic N) is 1. The van der Waals surface area contributed by atoms with Crippen LogP contribution in [0.25, 0.3) is 0 Å². The molecular formula is C24H26N2O5. The van der Waals surface area contributed by atoms with Crippen LogP contribution in [-0.4, -0.2) is 42.3 Å². The Morgan fingerprint density at radius 2 is 1.81 bits per heavy atom. The maximum atomic E-state index is 12.7. The van der Waals surface area contributed by atoms with E-state index in [1.807, 2.05) is 56.3 Å². The fraction of sp³-hybridized carbons (Fsp3) is 0.292. The number of nitrogens with one attached hydrogen (secondary N) is 1. The SMILES string of the molecule is CCCN(Cc1ccc(C)cc1)C(=O)COC(=O)C1=C(Nc2ccccc2)OCC1=O. The Morgan fingerprint density at radius 1 is 1.10 bits per heavy atom. The average Bonchev–Trinajstić information content (AvgIpc) is 3.13. The van der Waals surface area contributed by atoms with Crippen LogP contribution in [0.2, 0.25) is 0 Å². The Labute approximate surface area is 181 Å². The second-order valence-electron chi connectivity index (χ2n) is 7.28. The highest BCUT2D eigenvalue weighted by Gasteiger charge is 2.33. The fourth-order valence-corrected chi connectivity index (χ4v) is 3.13. The predicted molar refractivity (Wildman–Crippen MR) is 116 cm³/mol. The van der Waals surface area contributed by atoms with Gasteiger partial charge < -0.3 is 19.7 Å². The van der Waals surface area contributed by atoms with Gasteiger partial charge >= 0.3 is 5.97 Å². The summed E-state index contributed by atoms with van der Waals surface area (Å²) in [6, 6.07) is 16.9. The van der Waals surface area contributed by atoms with E-state index in [-0.39, 0.29) is 24.0 Å². The molecule has 2 aromatic carbocycles. The molecule has 0 spiro atoms. The van der Waals surface area contributed by atoms with Crippen molar-refractivity contribution in [2.45, 2.75) is 26.8 Å². The Hall–Kier alpha value is -3.61. The monoisotopic (exact) mass is 422 g/mol.